The third-order valence-electron chi connectivity index (χ3n) is 7.90. The van der Waals surface area contributed by atoms with Gasteiger partial charge in [-0.05, 0) is 51.6 Å². The first kappa shape index (κ1) is 37.4. The number of esters is 1. The average Bonchev–Trinajstić information content (AvgIpc) is 2.92. The summed E-state index contributed by atoms with van der Waals surface area (Å²) < 4.78 is 5.76. The number of hydrogen-bond donors (Lipinski definition) is 2. The monoisotopic (exact) mass is 540 g/mol. The second kappa shape index (κ2) is 32.6. The van der Waals surface area contributed by atoms with Crippen LogP contribution in [0.4, 0.5) is 0 Å². The van der Waals surface area contributed by atoms with E-state index in [1.807, 2.05) is 0 Å². The molecule has 1 atom stereocenters. The van der Waals surface area contributed by atoms with E-state index in [0.717, 1.165) is 51.6 Å². The topological polar surface area (TPSA) is 58.6 Å². The molecule has 4 nitrogen and oxygen atoms in total. The highest BCUT2D eigenvalue weighted by molar-refractivity contribution is 5.72. The third-order valence-corrected chi connectivity index (χ3v) is 7.90. The summed E-state index contributed by atoms with van der Waals surface area (Å²) in [4.78, 5) is 12.9. The van der Waals surface area contributed by atoms with Gasteiger partial charge in [-0.1, -0.05) is 142 Å². The van der Waals surface area contributed by atoms with Gasteiger partial charge in [-0.2, -0.15) is 0 Å². The van der Waals surface area contributed by atoms with E-state index >= 15 is 0 Å². The van der Waals surface area contributed by atoms with Crippen LogP contribution in [-0.4, -0.2) is 37.4 Å². The van der Waals surface area contributed by atoms with Gasteiger partial charge in [0.25, 0.3) is 0 Å². The summed E-state index contributed by atoms with van der Waals surface area (Å²) in [5.74, 6) is 0.196. The van der Waals surface area contributed by atoms with Crippen LogP contribution in [0.25, 0.3) is 0 Å². The van der Waals surface area contributed by atoms with Gasteiger partial charge >= 0.3 is 5.97 Å². The third kappa shape index (κ3) is 28.4. The maximum Gasteiger partial charge on any atom is 0.308 e. The predicted octanol–water partition coefficient (Wildman–Crippen LogP) is 9.91. The Morgan fingerprint density at radius 3 is 1.42 bits per heavy atom. The molecule has 0 saturated carbocycles. The first-order valence-corrected chi connectivity index (χ1v) is 17.2. The van der Waals surface area contributed by atoms with Crippen molar-refractivity contribution in [2.75, 3.05) is 26.3 Å². The van der Waals surface area contributed by atoms with Crippen LogP contribution in [0, 0.1) is 5.92 Å². The van der Waals surface area contributed by atoms with E-state index in [0.29, 0.717) is 13.2 Å². The fraction of sp³-hybridized carbons (Fsp3) is 0.971. The number of ether oxygens (including phenoxy) is 1. The minimum atomic E-state index is 0.0782. The van der Waals surface area contributed by atoms with Gasteiger partial charge in [0.05, 0.1) is 12.5 Å². The van der Waals surface area contributed by atoms with Crippen molar-refractivity contribution in [3.63, 3.8) is 0 Å². The van der Waals surface area contributed by atoms with Crippen LogP contribution in [0.3, 0.4) is 0 Å². The van der Waals surface area contributed by atoms with Gasteiger partial charge in [0, 0.05) is 6.61 Å². The molecule has 0 aliphatic carbocycles. The highest BCUT2D eigenvalue weighted by Crippen LogP contribution is 2.21. The van der Waals surface area contributed by atoms with Crippen LogP contribution in [-0.2, 0) is 9.53 Å². The van der Waals surface area contributed by atoms with Crippen molar-refractivity contribution in [1.29, 1.82) is 0 Å². The SMILES string of the molecule is CCCCCCCCCCCCC(CCCCCCCCCC)C(=O)OCCCCCCNCCCCO. The van der Waals surface area contributed by atoms with E-state index in [2.05, 4.69) is 19.2 Å². The molecule has 0 spiro atoms. The number of nitrogens with one attached hydrogen (secondary N) is 1. The van der Waals surface area contributed by atoms with E-state index < -0.39 is 0 Å². The molecule has 0 aromatic rings. The zero-order chi connectivity index (χ0) is 27.8. The summed E-state index contributed by atoms with van der Waals surface area (Å²) in [6.45, 7) is 7.48. The largest absolute Gasteiger partial charge is 0.465 e. The minimum absolute atomic E-state index is 0.0782. The lowest BCUT2D eigenvalue weighted by molar-refractivity contribution is -0.149. The summed E-state index contributed by atoms with van der Waals surface area (Å²) in [5.41, 5.74) is 0. The first-order chi connectivity index (χ1) is 18.8. The Labute approximate surface area is 238 Å². The summed E-state index contributed by atoms with van der Waals surface area (Å²) in [6.07, 6.45) is 32.4. The molecule has 0 aromatic carbocycles. The normalized spacial score (nSPS) is 12.2. The van der Waals surface area contributed by atoms with E-state index in [1.165, 1.54) is 128 Å². The maximum absolute atomic E-state index is 12.9. The fourth-order valence-corrected chi connectivity index (χ4v) is 5.27. The summed E-state index contributed by atoms with van der Waals surface area (Å²) >= 11 is 0. The van der Waals surface area contributed by atoms with Crippen molar-refractivity contribution in [3.8, 4) is 0 Å². The zero-order valence-electron chi connectivity index (χ0n) is 26.1. The van der Waals surface area contributed by atoms with Gasteiger partial charge < -0.3 is 15.2 Å². The van der Waals surface area contributed by atoms with Crippen molar-refractivity contribution in [2.45, 2.75) is 181 Å². The Balaban J connectivity index is 4.02. The molecule has 0 aliphatic rings. The number of hydrogen-bond acceptors (Lipinski definition) is 4. The standard InChI is InChI=1S/C34H69NO3/c1-3-5-7-9-11-13-14-16-18-22-28-33(27-21-17-15-12-10-8-6-4-2)34(37)38-32-26-20-19-23-29-35-30-24-25-31-36/h33,35-36H,3-32H2,1-2H3. The summed E-state index contributed by atoms with van der Waals surface area (Å²) in [5, 5.41) is 12.2. The number of aliphatic hydroxyl groups is 1. The van der Waals surface area contributed by atoms with Crippen molar-refractivity contribution < 1.29 is 14.6 Å². The van der Waals surface area contributed by atoms with Crippen molar-refractivity contribution in [3.05, 3.63) is 0 Å². The van der Waals surface area contributed by atoms with Crippen molar-refractivity contribution >= 4 is 5.97 Å². The zero-order valence-corrected chi connectivity index (χ0v) is 26.1. The second-order valence-electron chi connectivity index (χ2n) is 11.7. The predicted molar refractivity (Wildman–Crippen MR) is 166 cm³/mol. The minimum Gasteiger partial charge on any atom is -0.465 e. The number of carbonyl (C=O) groups excluding carboxylic acids is 1. The molecule has 4 heteroatoms. The number of unbranched alkanes of at least 4 members (excludes halogenated alkanes) is 20. The van der Waals surface area contributed by atoms with Crippen LogP contribution in [0.1, 0.15) is 181 Å². The van der Waals surface area contributed by atoms with Gasteiger partial charge in [-0.15, -0.1) is 0 Å². The van der Waals surface area contributed by atoms with Gasteiger partial charge in [-0.3, -0.25) is 4.79 Å². The molecule has 0 amide bonds. The average molecular weight is 540 g/mol. The Hall–Kier alpha value is -0.610. The highest BCUT2D eigenvalue weighted by atomic mass is 16.5. The van der Waals surface area contributed by atoms with Crippen molar-refractivity contribution in [1.82, 2.24) is 5.32 Å². The molecule has 2 N–H and O–H groups in total. The van der Waals surface area contributed by atoms with Gasteiger partial charge in [0.2, 0.25) is 0 Å². The molecule has 0 aliphatic heterocycles. The number of aliphatic hydroxyl groups excluding tert-OH is 1. The quantitative estimate of drug-likeness (QED) is 0.0659. The molecular weight excluding hydrogens is 470 g/mol. The van der Waals surface area contributed by atoms with Crippen LogP contribution in [0.2, 0.25) is 0 Å². The Morgan fingerprint density at radius 1 is 0.553 bits per heavy atom. The molecule has 228 valence electrons. The van der Waals surface area contributed by atoms with Crippen LogP contribution >= 0.6 is 0 Å². The molecular formula is C34H69NO3. The Bertz CT molecular complexity index is 457. The fourth-order valence-electron chi connectivity index (χ4n) is 5.27. The molecule has 0 radical (unpaired) electrons. The lowest BCUT2D eigenvalue weighted by Crippen LogP contribution is -2.19. The Kier molecular flexibility index (Phi) is 32.1. The number of rotatable bonds is 32. The summed E-state index contributed by atoms with van der Waals surface area (Å²) in [6, 6.07) is 0. The highest BCUT2D eigenvalue weighted by Gasteiger charge is 2.19. The first-order valence-electron chi connectivity index (χ1n) is 17.2. The maximum atomic E-state index is 12.9. The molecule has 0 rings (SSSR count). The molecule has 0 bridgehead atoms. The van der Waals surface area contributed by atoms with E-state index in [9.17, 15) is 4.79 Å². The van der Waals surface area contributed by atoms with Crippen LogP contribution < -0.4 is 5.32 Å². The van der Waals surface area contributed by atoms with Crippen molar-refractivity contribution in [2.24, 2.45) is 5.92 Å². The van der Waals surface area contributed by atoms with Gasteiger partial charge in [0.1, 0.15) is 0 Å². The molecule has 1 unspecified atom stereocenters. The van der Waals surface area contributed by atoms with Gasteiger partial charge in [-0.25, -0.2) is 0 Å². The smallest absolute Gasteiger partial charge is 0.308 e. The summed E-state index contributed by atoms with van der Waals surface area (Å²) in [7, 11) is 0. The van der Waals surface area contributed by atoms with E-state index in [1.54, 1.807) is 0 Å². The van der Waals surface area contributed by atoms with Gasteiger partial charge in [0.15, 0.2) is 0 Å². The second-order valence-corrected chi connectivity index (χ2v) is 11.7. The van der Waals surface area contributed by atoms with E-state index in [4.69, 9.17) is 9.84 Å². The van der Waals surface area contributed by atoms with E-state index in [-0.39, 0.29) is 11.9 Å². The molecule has 0 heterocycles. The van der Waals surface area contributed by atoms with Crippen LogP contribution in [0.15, 0.2) is 0 Å². The van der Waals surface area contributed by atoms with Crippen LogP contribution in [0.5, 0.6) is 0 Å². The number of carbonyl (C=O) groups is 1. The molecule has 0 aromatic heterocycles. The molecule has 0 fully saturated rings. The molecule has 38 heavy (non-hydrogen) atoms. The Morgan fingerprint density at radius 2 is 0.947 bits per heavy atom. The lowest BCUT2D eigenvalue weighted by Gasteiger charge is -2.16. The molecule has 0 saturated heterocycles. The lowest BCUT2D eigenvalue weighted by atomic mass is 9.94.